The Morgan fingerprint density at radius 2 is 2.24 bits per heavy atom. The van der Waals surface area contributed by atoms with Gasteiger partial charge in [-0.1, -0.05) is 11.8 Å². The van der Waals surface area contributed by atoms with Crippen molar-refractivity contribution >= 4 is 17.7 Å². The molecule has 1 amide bonds. The number of hydrogen-bond donors (Lipinski definition) is 0. The van der Waals surface area contributed by atoms with E-state index in [1.807, 2.05) is 35.4 Å². The fraction of sp³-hybridized carbons (Fsp3) is 0.588. The van der Waals surface area contributed by atoms with Crippen molar-refractivity contribution in [3.63, 3.8) is 0 Å². The predicted octanol–water partition coefficient (Wildman–Crippen LogP) is 2.68. The first-order valence-electron chi connectivity index (χ1n) is 8.72. The normalized spacial score (nSPS) is 17.1. The van der Waals surface area contributed by atoms with Crippen LogP contribution in [0.5, 0.6) is 0 Å². The molecular weight excluding hydrogens is 340 g/mol. The SMILES string of the molecule is CCN(CC)C(=O)CSc1nnc(-c2ccco2)n1C[C@@H]1CCCO1. The highest BCUT2D eigenvalue weighted by molar-refractivity contribution is 7.99. The Bertz CT molecular complexity index is 676. The summed E-state index contributed by atoms with van der Waals surface area (Å²) in [6.07, 6.45) is 3.88. The van der Waals surface area contributed by atoms with Crippen LogP contribution in [-0.2, 0) is 16.1 Å². The minimum atomic E-state index is 0.112. The van der Waals surface area contributed by atoms with Gasteiger partial charge in [-0.25, -0.2) is 0 Å². The Balaban J connectivity index is 1.77. The highest BCUT2D eigenvalue weighted by atomic mass is 32.2. The zero-order valence-electron chi connectivity index (χ0n) is 14.7. The number of furan rings is 1. The molecule has 2 aromatic rings. The molecule has 7 nitrogen and oxygen atoms in total. The third-order valence-electron chi connectivity index (χ3n) is 4.31. The molecule has 0 bridgehead atoms. The summed E-state index contributed by atoms with van der Waals surface area (Å²) in [5, 5.41) is 9.29. The van der Waals surface area contributed by atoms with Gasteiger partial charge in [-0.05, 0) is 38.8 Å². The van der Waals surface area contributed by atoms with Crippen LogP contribution in [0, 0.1) is 0 Å². The van der Waals surface area contributed by atoms with E-state index in [-0.39, 0.29) is 12.0 Å². The lowest BCUT2D eigenvalue weighted by Gasteiger charge is -2.18. The van der Waals surface area contributed by atoms with Crippen LogP contribution in [-0.4, -0.2) is 57.1 Å². The molecule has 136 valence electrons. The summed E-state index contributed by atoms with van der Waals surface area (Å²) in [6, 6.07) is 3.70. The molecule has 1 fully saturated rings. The van der Waals surface area contributed by atoms with Gasteiger partial charge < -0.3 is 14.1 Å². The van der Waals surface area contributed by atoms with Crippen molar-refractivity contribution < 1.29 is 13.9 Å². The molecule has 0 radical (unpaired) electrons. The van der Waals surface area contributed by atoms with Crippen LogP contribution in [0.1, 0.15) is 26.7 Å². The lowest BCUT2D eigenvalue weighted by atomic mass is 10.2. The number of amides is 1. The average molecular weight is 364 g/mol. The molecule has 2 aromatic heterocycles. The van der Waals surface area contributed by atoms with E-state index in [0.29, 0.717) is 23.9 Å². The van der Waals surface area contributed by atoms with E-state index in [1.165, 1.54) is 11.8 Å². The third kappa shape index (κ3) is 4.24. The van der Waals surface area contributed by atoms with E-state index in [1.54, 1.807) is 6.26 Å². The molecule has 1 saturated heterocycles. The minimum Gasteiger partial charge on any atom is -0.461 e. The van der Waals surface area contributed by atoms with Crippen LogP contribution >= 0.6 is 11.8 Å². The van der Waals surface area contributed by atoms with Crippen molar-refractivity contribution in [1.82, 2.24) is 19.7 Å². The molecule has 0 aliphatic carbocycles. The molecule has 1 atom stereocenters. The van der Waals surface area contributed by atoms with Gasteiger partial charge in [0.25, 0.3) is 0 Å². The van der Waals surface area contributed by atoms with Crippen LogP contribution < -0.4 is 0 Å². The highest BCUT2D eigenvalue weighted by Gasteiger charge is 2.23. The number of rotatable bonds is 8. The van der Waals surface area contributed by atoms with Crippen molar-refractivity contribution in [2.45, 2.75) is 44.5 Å². The molecule has 1 aliphatic heterocycles. The number of ether oxygens (including phenoxy) is 1. The molecule has 3 heterocycles. The Kier molecular flexibility index (Phi) is 6.14. The molecule has 0 N–H and O–H groups in total. The first-order chi connectivity index (χ1) is 12.2. The van der Waals surface area contributed by atoms with Crippen LogP contribution in [0.2, 0.25) is 0 Å². The Morgan fingerprint density at radius 1 is 1.40 bits per heavy atom. The largest absolute Gasteiger partial charge is 0.461 e. The summed E-state index contributed by atoms with van der Waals surface area (Å²) in [7, 11) is 0. The number of aromatic nitrogens is 3. The Hall–Kier alpha value is -1.80. The van der Waals surface area contributed by atoms with E-state index >= 15 is 0 Å². The van der Waals surface area contributed by atoms with E-state index in [0.717, 1.165) is 37.7 Å². The van der Waals surface area contributed by atoms with E-state index in [2.05, 4.69) is 10.2 Å². The lowest BCUT2D eigenvalue weighted by Crippen LogP contribution is -2.32. The second-order valence-electron chi connectivity index (χ2n) is 5.88. The molecule has 0 aromatic carbocycles. The van der Waals surface area contributed by atoms with Crippen molar-refractivity contribution in [3.8, 4) is 11.6 Å². The minimum absolute atomic E-state index is 0.112. The summed E-state index contributed by atoms with van der Waals surface area (Å²) in [6.45, 7) is 6.88. The predicted molar refractivity (Wildman–Crippen MR) is 95.4 cm³/mol. The maximum atomic E-state index is 12.3. The van der Waals surface area contributed by atoms with Gasteiger partial charge in [-0.15, -0.1) is 10.2 Å². The zero-order valence-corrected chi connectivity index (χ0v) is 15.5. The molecule has 8 heteroatoms. The first-order valence-corrected chi connectivity index (χ1v) is 9.70. The van der Waals surface area contributed by atoms with Gasteiger partial charge in [0.2, 0.25) is 11.7 Å². The van der Waals surface area contributed by atoms with E-state index < -0.39 is 0 Å². The molecule has 3 rings (SSSR count). The smallest absolute Gasteiger partial charge is 0.233 e. The van der Waals surface area contributed by atoms with Crippen LogP contribution in [0.3, 0.4) is 0 Å². The zero-order chi connectivity index (χ0) is 17.6. The van der Waals surface area contributed by atoms with E-state index in [4.69, 9.17) is 9.15 Å². The highest BCUT2D eigenvalue weighted by Crippen LogP contribution is 2.27. The van der Waals surface area contributed by atoms with Crippen LogP contribution in [0.4, 0.5) is 0 Å². The molecule has 25 heavy (non-hydrogen) atoms. The van der Waals surface area contributed by atoms with Gasteiger partial charge >= 0.3 is 0 Å². The monoisotopic (exact) mass is 364 g/mol. The van der Waals surface area contributed by atoms with Gasteiger partial charge in [-0.3, -0.25) is 9.36 Å². The standard InChI is InChI=1S/C17H24N4O3S/c1-3-20(4-2)15(22)12-25-17-19-18-16(14-8-6-10-24-14)21(17)11-13-7-5-9-23-13/h6,8,10,13H,3-5,7,9,11-12H2,1-2H3/t13-/m0/s1. The fourth-order valence-electron chi connectivity index (χ4n) is 2.93. The number of nitrogens with zero attached hydrogens (tertiary/aromatic N) is 4. The number of carbonyl (C=O) groups excluding carboxylic acids is 1. The summed E-state index contributed by atoms with van der Waals surface area (Å²) < 4.78 is 13.3. The average Bonchev–Trinajstić information content (AvgIpc) is 3.37. The molecule has 0 saturated carbocycles. The van der Waals surface area contributed by atoms with E-state index in [9.17, 15) is 4.79 Å². The maximum Gasteiger partial charge on any atom is 0.233 e. The molecule has 1 aliphatic rings. The quantitative estimate of drug-likeness (QED) is 0.671. The van der Waals surface area contributed by atoms with Crippen LogP contribution in [0.15, 0.2) is 28.0 Å². The Morgan fingerprint density at radius 3 is 2.88 bits per heavy atom. The van der Waals surface area contributed by atoms with Crippen molar-refractivity contribution in [2.24, 2.45) is 0 Å². The third-order valence-corrected chi connectivity index (χ3v) is 5.26. The number of thioether (sulfide) groups is 1. The molecular formula is C17H24N4O3S. The summed E-state index contributed by atoms with van der Waals surface area (Å²) in [5.41, 5.74) is 0. The van der Waals surface area contributed by atoms with Gasteiger partial charge in [0, 0.05) is 19.7 Å². The maximum absolute atomic E-state index is 12.3. The van der Waals surface area contributed by atoms with Crippen molar-refractivity contribution in [2.75, 3.05) is 25.4 Å². The van der Waals surface area contributed by atoms with Gasteiger partial charge in [-0.2, -0.15) is 0 Å². The lowest BCUT2D eigenvalue weighted by molar-refractivity contribution is -0.127. The molecule has 0 spiro atoms. The summed E-state index contributed by atoms with van der Waals surface area (Å²) >= 11 is 1.42. The Labute approximate surface area is 151 Å². The second-order valence-corrected chi connectivity index (χ2v) is 6.83. The van der Waals surface area contributed by atoms with Crippen LogP contribution in [0.25, 0.3) is 11.6 Å². The number of hydrogen-bond acceptors (Lipinski definition) is 6. The van der Waals surface area contributed by atoms with Gasteiger partial charge in [0.05, 0.1) is 24.7 Å². The van der Waals surface area contributed by atoms with Crippen molar-refractivity contribution in [3.05, 3.63) is 18.4 Å². The first kappa shape index (κ1) is 18.0. The topological polar surface area (TPSA) is 73.4 Å². The summed E-state index contributed by atoms with van der Waals surface area (Å²) in [4.78, 5) is 14.1. The number of carbonyl (C=O) groups is 1. The summed E-state index contributed by atoms with van der Waals surface area (Å²) in [5.74, 6) is 1.82. The molecule has 0 unspecified atom stereocenters. The second kappa shape index (κ2) is 8.53. The van der Waals surface area contributed by atoms with Crippen molar-refractivity contribution in [1.29, 1.82) is 0 Å². The van der Waals surface area contributed by atoms with Gasteiger partial charge in [0.1, 0.15) is 0 Å². The van der Waals surface area contributed by atoms with Gasteiger partial charge in [0.15, 0.2) is 10.9 Å². The fourth-order valence-corrected chi connectivity index (χ4v) is 3.78.